The van der Waals surface area contributed by atoms with Gasteiger partial charge in [0, 0.05) is 0 Å². The highest BCUT2D eigenvalue weighted by atomic mass is 32.7. The van der Waals surface area contributed by atoms with Crippen LogP contribution in [0.1, 0.15) is 0 Å². The minimum atomic E-state index is -3.23. The van der Waals surface area contributed by atoms with Crippen molar-refractivity contribution in [2.75, 3.05) is 6.26 Å². The number of hydrogen-bond acceptors (Lipinski definition) is 2. The van der Waals surface area contributed by atoms with Crippen molar-refractivity contribution >= 4 is 18.1 Å². The molecule has 0 aliphatic heterocycles. The zero-order valence-corrected chi connectivity index (χ0v) is 5.02. The average molecular weight is 128 g/mol. The molecular weight excluding hydrogens is 122 g/mol. The summed E-state index contributed by atoms with van der Waals surface area (Å²) in [5.41, 5.74) is 4.61. The van der Waals surface area contributed by atoms with E-state index >= 15 is 0 Å². The van der Waals surface area contributed by atoms with Gasteiger partial charge in [0.1, 0.15) is 0 Å². The third-order valence-electron chi connectivity index (χ3n) is 0.266. The molecule has 0 fully saturated rings. The Morgan fingerprint density at radius 1 is 2.00 bits per heavy atom. The lowest BCUT2D eigenvalue weighted by Gasteiger charge is -1.95. The molecule has 1 atom stereocenters. The SMILES string of the molecule is CSP(=N)(N)F. The molecule has 0 amide bonds. The lowest BCUT2D eigenvalue weighted by Crippen LogP contribution is -1.77. The van der Waals surface area contributed by atoms with Gasteiger partial charge in [-0.2, -0.15) is 4.20 Å². The maximum Gasteiger partial charge on any atom is 0.245 e. The normalized spacial score (nSPS) is 19.8. The van der Waals surface area contributed by atoms with Gasteiger partial charge in [-0.25, -0.2) is 0 Å². The minimum Gasteiger partial charge on any atom is -0.268 e. The van der Waals surface area contributed by atoms with Crippen LogP contribution in [0.2, 0.25) is 0 Å². The summed E-state index contributed by atoms with van der Waals surface area (Å²) >= 11 is 0.771. The van der Waals surface area contributed by atoms with Gasteiger partial charge in [0.15, 0.2) is 0 Å². The van der Waals surface area contributed by atoms with Crippen LogP contribution in [0.3, 0.4) is 0 Å². The van der Waals surface area contributed by atoms with Gasteiger partial charge in [-0.15, -0.1) is 0 Å². The van der Waals surface area contributed by atoms with E-state index in [0.717, 1.165) is 11.4 Å². The molecule has 0 bridgehead atoms. The van der Waals surface area contributed by atoms with Crippen LogP contribution < -0.4 is 5.50 Å². The smallest absolute Gasteiger partial charge is 0.245 e. The van der Waals surface area contributed by atoms with Gasteiger partial charge in [-0.3, -0.25) is 10.7 Å². The van der Waals surface area contributed by atoms with E-state index in [9.17, 15) is 4.20 Å². The first-order valence-electron chi connectivity index (χ1n) is 1.24. The average Bonchev–Trinajstić information content (AvgIpc) is 1.35. The topological polar surface area (TPSA) is 49.9 Å². The van der Waals surface area contributed by atoms with Crippen LogP contribution in [-0.2, 0) is 0 Å². The van der Waals surface area contributed by atoms with E-state index in [1.165, 1.54) is 6.26 Å². The molecule has 0 spiro atoms. The maximum absolute atomic E-state index is 11.6. The van der Waals surface area contributed by atoms with E-state index in [-0.39, 0.29) is 0 Å². The Bertz CT molecular complexity index is 77.6. The fraction of sp³-hybridized carbons (Fsp3) is 1.00. The van der Waals surface area contributed by atoms with Crippen LogP contribution in [0.5, 0.6) is 0 Å². The largest absolute Gasteiger partial charge is 0.268 e. The zero-order valence-electron chi connectivity index (χ0n) is 3.31. The first-order chi connectivity index (χ1) is 2.56. The Kier molecular flexibility index (Phi) is 2.11. The van der Waals surface area contributed by atoms with Gasteiger partial charge >= 0.3 is 0 Å². The molecule has 0 saturated carbocycles. The number of nitrogens with one attached hydrogen (secondary N) is 1. The third-order valence-corrected chi connectivity index (χ3v) is 2.39. The molecule has 5 heteroatoms. The molecule has 0 aromatic rings. The van der Waals surface area contributed by atoms with Crippen LogP contribution in [0.4, 0.5) is 4.20 Å². The molecule has 3 N–H and O–H groups in total. The molecule has 0 aromatic heterocycles. The Balaban J connectivity index is 3.48. The fourth-order valence-corrected chi connectivity index (χ4v) is 0. The van der Waals surface area contributed by atoms with Gasteiger partial charge in [-0.05, 0) is 6.26 Å². The van der Waals surface area contributed by atoms with Crippen molar-refractivity contribution in [2.45, 2.75) is 0 Å². The number of halogens is 1. The van der Waals surface area contributed by atoms with Crippen molar-refractivity contribution in [3.05, 3.63) is 0 Å². The van der Waals surface area contributed by atoms with Crippen LogP contribution in [0, 0.1) is 5.16 Å². The summed E-state index contributed by atoms with van der Waals surface area (Å²) in [5, 5.41) is 6.37. The Morgan fingerprint density at radius 2 is 2.17 bits per heavy atom. The van der Waals surface area contributed by atoms with E-state index in [1.54, 1.807) is 0 Å². The lowest BCUT2D eigenvalue weighted by molar-refractivity contribution is 0.890. The van der Waals surface area contributed by atoms with Crippen molar-refractivity contribution in [3.63, 3.8) is 0 Å². The Morgan fingerprint density at radius 3 is 2.17 bits per heavy atom. The van der Waals surface area contributed by atoms with Crippen molar-refractivity contribution in [2.24, 2.45) is 5.50 Å². The molecule has 2 nitrogen and oxygen atoms in total. The van der Waals surface area contributed by atoms with Crippen LogP contribution in [0.15, 0.2) is 0 Å². The van der Waals surface area contributed by atoms with Gasteiger partial charge in [0.05, 0.1) is 0 Å². The van der Waals surface area contributed by atoms with Gasteiger partial charge in [0.25, 0.3) is 0 Å². The molecule has 0 aromatic carbocycles. The summed E-state index contributed by atoms with van der Waals surface area (Å²) in [6, 6.07) is 0. The summed E-state index contributed by atoms with van der Waals surface area (Å²) < 4.78 is 11.6. The number of hydrogen-bond donors (Lipinski definition) is 2. The Hall–Kier alpha value is 0.470. The third kappa shape index (κ3) is 4.47. The molecular formula is CH6FN2PS. The van der Waals surface area contributed by atoms with Crippen LogP contribution in [0.25, 0.3) is 0 Å². The monoisotopic (exact) mass is 128 g/mol. The van der Waals surface area contributed by atoms with E-state index in [1.807, 2.05) is 0 Å². The predicted molar refractivity (Wildman–Crippen MR) is 28.5 cm³/mol. The molecule has 0 heterocycles. The quantitative estimate of drug-likeness (QED) is 0.529. The molecule has 0 saturated heterocycles. The first kappa shape index (κ1) is 6.47. The van der Waals surface area contributed by atoms with Crippen LogP contribution >= 0.6 is 18.1 Å². The standard InChI is InChI=1S/CH6FN2PS/c1-6-5(2,3)4/h1H3,(H3,3,4). The number of rotatable bonds is 1. The van der Waals surface area contributed by atoms with E-state index < -0.39 is 6.72 Å². The number of nitrogens with two attached hydrogens (primary N) is 1. The predicted octanol–water partition coefficient (Wildman–Crippen LogP) is 1.80. The minimum absolute atomic E-state index is 0.771. The summed E-state index contributed by atoms with van der Waals surface area (Å²) in [6.45, 7) is -3.23. The molecule has 0 aliphatic carbocycles. The van der Waals surface area contributed by atoms with E-state index in [2.05, 4.69) is 5.50 Å². The maximum atomic E-state index is 11.6. The summed E-state index contributed by atoms with van der Waals surface area (Å²) in [4.78, 5) is 0. The highest BCUT2D eigenvalue weighted by molar-refractivity contribution is 8.55. The van der Waals surface area contributed by atoms with Gasteiger partial charge in [-0.1, -0.05) is 11.4 Å². The van der Waals surface area contributed by atoms with Gasteiger partial charge < -0.3 is 0 Å². The fourth-order valence-electron chi connectivity index (χ4n) is 0. The highest BCUT2D eigenvalue weighted by Gasteiger charge is 2.00. The van der Waals surface area contributed by atoms with Crippen molar-refractivity contribution in [1.29, 1.82) is 5.16 Å². The summed E-state index contributed by atoms with van der Waals surface area (Å²) in [6.07, 6.45) is 1.49. The van der Waals surface area contributed by atoms with Crippen molar-refractivity contribution < 1.29 is 4.20 Å². The van der Waals surface area contributed by atoms with Gasteiger partial charge in [0.2, 0.25) is 6.72 Å². The second-order valence-electron chi connectivity index (χ2n) is 0.759. The highest BCUT2D eigenvalue weighted by Crippen LogP contribution is 2.51. The molecule has 6 heavy (non-hydrogen) atoms. The first-order valence-corrected chi connectivity index (χ1v) is 4.82. The van der Waals surface area contributed by atoms with Crippen molar-refractivity contribution in [3.8, 4) is 0 Å². The molecule has 1 unspecified atom stereocenters. The molecule has 0 radical (unpaired) electrons. The Labute approximate surface area is 40.1 Å². The second-order valence-corrected chi connectivity index (χ2v) is 4.97. The van der Waals surface area contributed by atoms with E-state index in [4.69, 9.17) is 5.16 Å². The zero-order chi connectivity index (χ0) is 5.21. The molecule has 38 valence electrons. The summed E-state index contributed by atoms with van der Waals surface area (Å²) in [7, 11) is 0. The molecule has 0 aliphatic rings. The molecule has 0 rings (SSSR count). The van der Waals surface area contributed by atoms with E-state index in [0.29, 0.717) is 0 Å². The lowest BCUT2D eigenvalue weighted by atomic mass is 12.0. The second kappa shape index (κ2) is 1.96. The van der Waals surface area contributed by atoms with Crippen molar-refractivity contribution in [1.82, 2.24) is 0 Å². The summed E-state index contributed by atoms with van der Waals surface area (Å²) in [5.74, 6) is 0. The van der Waals surface area contributed by atoms with Crippen LogP contribution in [-0.4, -0.2) is 6.26 Å².